The third kappa shape index (κ3) is 3.44. The average Bonchev–Trinajstić information content (AvgIpc) is 3.96. The second-order valence-electron chi connectivity index (χ2n) is 14.3. The lowest BCUT2D eigenvalue weighted by Gasteiger charge is -2.12. The summed E-state index contributed by atoms with van der Waals surface area (Å²) < 4.78 is 16.0. The molecule has 13 aromatic rings. The van der Waals surface area contributed by atoms with Gasteiger partial charge < -0.3 is 13.2 Å². The van der Waals surface area contributed by atoms with Crippen LogP contribution in [0.1, 0.15) is 0 Å². The van der Waals surface area contributed by atoms with E-state index in [2.05, 4.69) is 168 Å². The van der Waals surface area contributed by atoms with Gasteiger partial charge in [0, 0.05) is 54.2 Å². The van der Waals surface area contributed by atoms with Crippen LogP contribution in [-0.2, 0) is 0 Å². The molecule has 0 radical (unpaired) electrons. The molecule has 0 aliphatic carbocycles. The smallest absolute Gasteiger partial charge is 0.143 e. The molecule has 0 saturated carbocycles. The highest BCUT2D eigenvalue weighted by Crippen LogP contribution is 2.50. The molecule has 244 valence electrons. The Bertz CT molecular complexity index is 3450. The molecule has 0 saturated heterocycles. The summed E-state index contributed by atoms with van der Waals surface area (Å²) in [5.41, 5.74) is 11.9. The van der Waals surface area contributed by atoms with Gasteiger partial charge in [0.05, 0.1) is 16.6 Å². The second kappa shape index (κ2) is 9.81. The van der Waals surface area contributed by atoms with Gasteiger partial charge in [-0.1, -0.05) is 127 Å². The molecule has 13 rings (SSSR count). The van der Waals surface area contributed by atoms with E-state index in [1.54, 1.807) is 0 Å². The fourth-order valence-electron chi connectivity index (χ4n) is 9.57. The summed E-state index contributed by atoms with van der Waals surface area (Å²) in [4.78, 5) is 0. The minimum absolute atomic E-state index is 0.908. The number of hydrogen-bond acceptors (Lipinski definition) is 2. The number of furan rings is 2. The monoisotopic (exact) mass is 673 g/mol. The van der Waals surface area contributed by atoms with Gasteiger partial charge in [0.2, 0.25) is 0 Å². The van der Waals surface area contributed by atoms with Gasteiger partial charge in [-0.25, -0.2) is 0 Å². The van der Waals surface area contributed by atoms with Gasteiger partial charge in [0.1, 0.15) is 22.3 Å². The highest BCUT2D eigenvalue weighted by Gasteiger charge is 2.26. The summed E-state index contributed by atoms with van der Waals surface area (Å²) in [6.07, 6.45) is 0. The number of hydrogen-bond donors (Lipinski definition) is 0. The first-order chi connectivity index (χ1) is 26.3. The molecule has 0 unspecified atom stereocenters. The standard InChI is InChI=1S/C50H27NO2/c1-3-14-30-28(12-1)26-38-32-16-5-7-24-42(32)52-49(38)46(30)34-18-10-22-40-44(34)36-20-9-21-37-45-35(19-11-23-41(45)51(40)48(36)37)47-31-15-4-2-13-29(31)27-39-33-17-6-8-25-43(33)53-50(39)47/h1-27H. The summed E-state index contributed by atoms with van der Waals surface area (Å²) in [6.45, 7) is 0. The van der Waals surface area contributed by atoms with Crippen molar-refractivity contribution in [2.45, 2.75) is 0 Å². The van der Waals surface area contributed by atoms with E-state index in [0.29, 0.717) is 0 Å². The fourth-order valence-corrected chi connectivity index (χ4v) is 9.57. The highest BCUT2D eigenvalue weighted by molar-refractivity contribution is 6.32. The van der Waals surface area contributed by atoms with Crippen LogP contribution in [0, 0.1) is 0 Å². The number of para-hydroxylation sites is 3. The lowest BCUT2D eigenvalue weighted by Crippen LogP contribution is -1.88. The molecule has 4 heterocycles. The number of rotatable bonds is 2. The molecule has 0 aliphatic rings. The molecule has 9 aromatic carbocycles. The lowest BCUT2D eigenvalue weighted by atomic mass is 9.91. The van der Waals surface area contributed by atoms with E-state index in [4.69, 9.17) is 8.83 Å². The Morgan fingerprint density at radius 2 is 0.755 bits per heavy atom. The van der Waals surface area contributed by atoms with Gasteiger partial charge in [-0.05, 0) is 69.1 Å². The van der Waals surface area contributed by atoms with Gasteiger partial charge >= 0.3 is 0 Å². The SMILES string of the molecule is c1ccc2c(-c3cccc4c3c3cccc5c6c(-c7c8ccccc8cc8c7oc7ccccc78)cccc6n4c35)c3oc4ccccc4c3cc2c1. The molecule has 0 amide bonds. The quantitative estimate of drug-likeness (QED) is 0.183. The first-order valence-corrected chi connectivity index (χ1v) is 18.2. The number of fused-ring (bicyclic) bond motifs is 14. The van der Waals surface area contributed by atoms with Gasteiger partial charge in [0.25, 0.3) is 0 Å². The molecule has 0 fully saturated rings. The predicted molar refractivity (Wildman–Crippen MR) is 222 cm³/mol. The summed E-state index contributed by atoms with van der Waals surface area (Å²) in [5, 5.41) is 14.3. The van der Waals surface area contributed by atoms with E-state index in [1.807, 2.05) is 0 Å². The van der Waals surface area contributed by atoms with Crippen molar-refractivity contribution < 1.29 is 8.83 Å². The maximum absolute atomic E-state index is 6.75. The average molecular weight is 674 g/mol. The van der Waals surface area contributed by atoms with Crippen LogP contribution >= 0.6 is 0 Å². The molecule has 0 N–H and O–H groups in total. The van der Waals surface area contributed by atoms with Crippen molar-refractivity contribution in [3.8, 4) is 22.3 Å². The van der Waals surface area contributed by atoms with E-state index in [1.165, 1.54) is 70.8 Å². The Balaban J connectivity index is 1.18. The van der Waals surface area contributed by atoms with Crippen molar-refractivity contribution in [2.75, 3.05) is 0 Å². The molecule has 0 bridgehead atoms. The van der Waals surface area contributed by atoms with E-state index in [-0.39, 0.29) is 0 Å². The Morgan fingerprint density at radius 1 is 0.340 bits per heavy atom. The lowest BCUT2D eigenvalue weighted by molar-refractivity contribution is 0.670. The van der Waals surface area contributed by atoms with E-state index >= 15 is 0 Å². The van der Waals surface area contributed by atoms with Gasteiger partial charge in [-0.3, -0.25) is 0 Å². The van der Waals surface area contributed by atoms with Crippen molar-refractivity contribution in [3.63, 3.8) is 0 Å². The van der Waals surface area contributed by atoms with E-state index < -0.39 is 0 Å². The van der Waals surface area contributed by atoms with Crippen LogP contribution in [0.2, 0.25) is 0 Å². The minimum atomic E-state index is 0.908. The van der Waals surface area contributed by atoms with Crippen molar-refractivity contribution in [1.82, 2.24) is 4.40 Å². The van der Waals surface area contributed by atoms with E-state index in [0.717, 1.165) is 55.0 Å². The Kier molecular flexibility index (Phi) is 5.11. The zero-order chi connectivity index (χ0) is 34.4. The van der Waals surface area contributed by atoms with Crippen molar-refractivity contribution in [2.24, 2.45) is 0 Å². The molecular formula is C50H27NO2. The van der Waals surface area contributed by atoms with Crippen LogP contribution < -0.4 is 0 Å². The molecular weight excluding hydrogens is 647 g/mol. The molecule has 0 aliphatic heterocycles. The maximum Gasteiger partial charge on any atom is 0.143 e. The first kappa shape index (κ1) is 27.6. The normalized spacial score (nSPS) is 12.5. The van der Waals surface area contributed by atoms with Crippen LogP contribution in [0.3, 0.4) is 0 Å². The van der Waals surface area contributed by atoms with Crippen molar-refractivity contribution >= 4 is 104 Å². The molecule has 0 spiro atoms. The number of nitrogens with zero attached hydrogens (tertiary/aromatic N) is 1. The molecule has 4 aromatic heterocycles. The van der Waals surface area contributed by atoms with Crippen LogP contribution in [0.5, 0.6) is 0 Å². The van der Waals surface area contributed by atoms with Crippen LogP contribution in [-0.4, -0.2) is 4.40 Å². The zero-order valence-electron chi connectivity index (χ0n) is 28.4. The third-order valence-electron chi connectivity index (χ3n) is 11.7. The van der Waals surface area contributed by atoms with Gasteiger partial charge in [-0.2, -0.15) is 0 Å². The highest BCUT2D eigenvalue weighted by atomic mass is 16.3. The second-order valence-corrected chi connectivity index (χ2v) is 14.3. The molecule has 53 heavy (non-hydrogen) atoms. The maximum atomic E-state index is 6.75. The molecule has 3 heteroatoms. The number of aromatic nitrogens is 1. The Morgan fingerprint density at radius 3 is 1.26 bits per heavy atom. The number of benzene rings is 9. The molecule has 0 atom stereocenters. The van der Waals surface area contributed by atoms with Crippen LogP contribution in [0.25, 0.3) is 126 Å². The summed E-state index contributed by atoms with van der Waals surface area (Å²) in [5.74, 6) is 0. The zero-order valence-corrected chi connectivity index (χ0v) is 28.4. The Hall–Kier alpha value is -7.10. The van der Waals surface area contributed by atoms with Gasteiger partial charge in [0.15, 0.2) is 0 Å². The van der Waals surface area contributed by atoms with Crippen molar-refractivity contribution in [3.05, 3.63) is 164 Å². The topological polar surface area (TPSA) is 30.7 Å². The van der Waals surface area contributed by atoms with Crippen LogP contribution in [0.15, 0.2) is 173 Å². The summed E-state index contributed by atoms with van der Waals surface area (Å²) in [6, 6.07) is 59.1. The minimum Gasteiger partial charge on any atom is -0.455 e. The fraction of sp³-hybridized carbons (Fsp3) is 0. The predicted octanol–water partition coefficient (Wildman–Crippen LogP) is 14.3. The Labute approximate surface area is 301 Å². The first-order valence-electron chi connectivity index (χ1n) is 18.2. The summed E-state index contributed by atoms with van der Waals surface area (Å²) in [7, 11) is 0. The van der Waals surface area contributed by atoms with Crippen molar-refractivity contribution in [1.29, 1.82) is 0 Å². The van der Waals surface area contributed by atoms with Crippen LogP contribution in [0.4, 0.5) is 0 Å². The molecule has 3 nitrogen and oxygen atoms in total. The third-order valence-corrected chi connectivity index (χ3v) is 11.7. The van der Waals surface area contributed by atoms with Gasteiger partial charge in [-0.15, -0.1) is 0 Å². The largest absolute Gasteiger partial charge is 0.455 e. The van der Waals surface area contributed by atoms with E-state index in [9.17, 15) is 0 Å². The summed E-state index contributed by atoms with van der Waals surface area (Å²) >= 11 is 0.